The molecule has 0 fully saturated rings. The third kappa shape index (κ3) is 3.15. The lowest BCUT2D eigenvalue weighted by molar-refractivity contribution is 0.171. The van der Waals surface area contributed by atoms with Crippen molar-refractivity contribution in [3.05, 3.63) is 21.0 Å². The molecule has 1 N–H and O–H groups in total. The molecule has 0 aliphatic carbocycles. The maximum Gasteiger partial charge on any atom is 0.427 e. The van der Waals surface area contributed by atoms with Crippen molar-refractivity contribution in [1.29, 1.82) is 0 Å². The highest BCUT2D eigenvalue weighted by atomic mass is 79.9. The molecule has 1 aromatic rings. The van der Waals surface area contributed by atoms with E-state index in [9.17, 15) is 4.79 Å². The standard InChI is InChI=1S/C7H6Br2N2O3/c1-13-7(12)11-10-3-4-2-5(8)6(9)14-4/h2-3H,1H3,(H,11,12)/b10-3+. The zero-order chi connectivity index (χ0) is 10.6. The summed E-state index contributed by atoms with van der Waals surface area (Å²) in [6, 6.07) is 1.70. The number of nitrogens with one attached hydrogen (secondary N) is 1. The van der Waals surface area contributed by atoms with Crippen LogP contribution in [0.3, 0.4) is 0 Å². The van der Waals surface area contributed by atoms with E-state index in [-0.39, 0.29) is 0 Å². The van der Waals surface area contributed by atoms with E-state index < -0.39 is 6.09 Å². The highest BCUT2D eigenvalue weighted by molar-refractivity contribution is 9.13. The molecule has 0 atom stereocenters. The number of carbonyl (C=O) groups excluding carboxylic acids is 1. The summed E-state index contributed by atoms with van der Waals surface area (Å²) >= 11 is 6.40. The molecule has 0 spiro atoms. The molecule has 1 aromatic heterocycles. The predicted molar refractivity (Wildman–Crippen MR) is 57.2 cm³/mol. The van der Waals surface area contributed by atoms with E-state index in [1.54, 1.807) is 6.07 Å². The van der Waals surface area contributed by atoms with Crippen LogP contribution in [0.25, 0.3) is 0 Å². The Hall–Kier alpha value is -0.820. The number of hydrogen-bond donors (Lipinski definition) is 1. The number of furan rings is 1. The average molecular weight is 326 g/mol. The van der Waals surface area contributed by atoms with Gasteiger partial charge in [0.25, 0.3) is 0 Å². The second-order valence-electron chi connectivity index (χ2n) is 2.13. The Balaban J connectivity index is 2.56. The van der Waals surface area contributed by atoms with E-state index in [1.165, 1.54) is 13.3 Å². The van der Waals surface area contributed by atoms with Crippen LogP contribution in [0.2, 0.25) is 0 Å². The fourth-order valence-corrected chi connectivity index (χ4v) is 1.23. The molecule has 7 heteroatoms. The molecule has 1 amide bonds. The summed E-state index contributed by atoms with van der Waals surface area (Å²) in [5, 5.41) is 3.58. The van der Waals surface area contributed by atoms with E-state index >= 15 is 0 Å². The molecular weight excluding hydrogens is 320 g/mol. The number of ether oxygens (including phenoxy) is 1. The summed E-state index contributed by atoms with van der Waals surface area (Å²) in [5.41, 5.74) is 2.13. The lowest BCUT2D eigenvalue weighted by atomic mass is 10.5. The van der Waals surface area contributed by atoms with Gasteiger partial charge in [-0.1, -0.05) is 0 Å². The predicted octanol–water partition coefficient (Wildman–Crippen LogP) is 2.49. The summed E-state index contributed by atoms with van der Waals surface area (Å²) in [4.78, 5) is 10.6. The molecule has 0 saturated carbocycles. The highest BCUT2D eigenvalue weighted by Crippen LogP contribution is 2.25. The maximum absolute atomic E-state index is 10.6. The topological polar surface area (TPSA) is 63.8 Å². The molecular formula is C7H6Br2N2O3. The van der Waals surface area contributed by atoms with E-state index in [1.807, 2.05) is 0 Å². The second kappa shape index (κ2) is 5.16. The Morgan fingerprint density at radius 1 is 1.71 bits per heavy atom. The van der Waals surface area contributed by atoms with Gasteiger partial charge in [0, 0.05) is 6.07 Å². The fourth-order valence-electron chi connectivity index (χ4n) is 0.621. The molecule has 5 nitrogen and oxygen atoms in total. The maximum atomic E-state index is 10.6. The molecule has 1 heterocycles. The van der Waals surface area contributed by atoms with E-state index in [0.717, 1.165) is 4.47 Å². The van der Waals surface area contributed by atoms with Gasteiger partial charge in [0.2, 0.25) is 0 Å². The Morgan fingerprint density at radius 2 is 2.43 bits per heavy atom. The molecule has 0 aliphatic rings. The molecule has 0 radical (unpaired) electrons. The Kier molecular flexibility index (Phi) is 4.15. The van der Waals surface area contributed by atoms with Crippen molar-refractivity contribution in [2.45, 2.75) is 0 Å². The largest absolute Gasteiger partial charge is 0.452 e. The van der Waals surface area contributed by atoms with Crippen LogP contribution in [-0.2, 0) is 4.74 Å². The molecule has 0 aliphatic heterocycles. The summed E-state index contributed by atoms with van der Waals surface area (Å²) in [6.45, 7) is 0. The first-order valence-electron chi connectivity index (χ1n) is 3.45. The van der Waals surface area contributed by atoms with Crippen molar-refractivity contribution in [3.63, 3.8) is 0 Å². The zero-order valence-corrected chi connectivity index (χ0v) is 10.3. The van der Waals surface area contributed by atoms with Crippen LogP contribution in [-0.4, -0.2) is 19.4 Å². The minimum atomic E-state index is -0.633. The first kappa shape index (κ1) is 11.3. The molecule has 0 saturated heterocycles. The van der Waals surface area contributed by atoms with Crippen molar-refractivity contribution >= 4 is 44.2 Å². The monoisotopic (exact) mass is 324 g/mol. The summed E-state index contributed by atoms with van der Waals surface area (Å²) in [6.07, 6.45) is 0.720. The lowest BCUT2D eigenvalue weighted by Crippen LogP contribution is -2.16. The normalized spacial score (nSPS) is 10.5. The number of rotatable bonds is 2. The Morgan fingerprint density at radius 3 is 2.93 bits per heavy atom. The van der Waals surface area contributed by atoms with Crippen molar-refractivity contribution < 1.29 is 13.9 Å². The van der Waals surface area contributed by atoms with Crippen LogP contribution in [0.15, 0.2) is 24.7 Å². The average Bonchev–Trinajstić information content (AvgIpc) is 2.46. The molecule has 76 valence electrons. The number of methoxy groups -OCH3 is 1. The smallest absolute Gasteiger partial charge is 0.427 e. The zero-order valence-electron chi connectivity index (χ0n) is 7.08. The molecule has 1 rings (SSSR count). The first-order chi connectivity index (χ1) is 6.63. The van der Waals surface area contributed by atoms with E-state index in [4.69, 9.17) is 4.42 Å². The number of nitrogens with zero attached hydrogens (tertiary/aromatic N) is 1. The Labute approximate surface area is 96.7 Å². The van der Waals surface area contributed by atoms with E-state index in [0.29, 0.717) is 10.4 Å². The van der Waals surface area contributed by atoms with Gasteiger partial charge in [-0.05, 0) is 31.9 Å². The van der Waals surface area contributed by atoms with Crippen molar-refractivity contribution in [2.24, 2.45) is 5.10 Å². The third-order valence-electron chi connectivity index (χ3n) is 1.20. The van der Waals surface area contributed by atoms with Gasteiger partial charge in [-0.25, -0.2) is 10.2 Å². The number of hydrogen-bond acceptors (Lipinski definition) is 4. The van der Waals surface area contributed by atoms with Crippen LogP contribution in [0.1, 0.15) is 5.76 Å². The summed E-state index contributed by atoms with van der Waals surface area (Å²) < 4.78 is 10.8. The van der Waals surface area contributed by atoms with Gasteiger partial charge < -0.3 is 9.15 Å². The Bertz CT molecular complexity index is 342. The minimum absolute atomic E-state index is 0.500. The molecule has 14 heavy (non-hydrogen) atoms. The molecule has 0 unspecified atom stereocenters. The SMILES string of the molecule is COC(=O)N/N=C/c1cc(Br)c(Br)o1. The minimum Gasteiger partial charge on any atom is -0.452 e. The lowest BCUT2D eigenvalue weighted by Gasteiger charge is -1.93. The van der Waals surface area contributed by atoms with Crippen LogP contribution in [0, 0.1) is 0 Å². The van der Waals surface area contributed by atoms with Gasteiger partial charge >= 0.3 is 6.09 Å². The van der Waals surface area contributed by atoms with Gasteiger partial charge in [-0.3, -0.25) is 0 Å². The number of halogens is 2. The molecule has 0 aromatic carbocycles. The van der Waals surface area contributed by atoms with Crippen LogP contribution >= 0.6 is 31.9 Å². The van der Waals surface area contributed by atoms with Gasteiger partial charge in [-0.2, -0.15) is 5.10 Å². The number of amides is 1. The summed E-state index contributed by atoms with van der Waals surface area (Å²) in [7, 11) is 1.25. The summed E-state index contributed by atoms with van der Waals surface area (Å²) in [5.74, 6) is 0.500. The number of hydrazone groups is 1. The quantitative estimate of drug-likeness (QED) is 0.671. The van der Waals surface area contributed by atoms with Crippen LogP contribution in [0.4, 0.5) is 4.79 Å². The van der Waals surface area contributed by atoms with Crippen LogP contribution < -0.4 is 5.43 Å². The van der Waals surface area contributed by atoms with Crippen LogP contribution in [0.5, 0.6) is 0 Å². The van der Waals surface area contributed by atoms with Crippen molar-refractivity contribution in [1.82, 2.24) is 5.43 Å². The number of carbonyl (C=O) groups is 1. The third-order valence-corrected chi connectivity index (χ3v) is 2.91. The van der Waals surface area contributed by atoms with Crippen molar-refractivity contribution in [2.75, 3.05) is 7.11 Å². The molecule has 0 bridgehead atoms. The van der Waals surface area contributed by atoms with Gasteiger partial charge in [0.1, 0.15) is 5.76 Å². The van der Waals surface area contributed by atoms with E-state index in [2.05, 4.69) is 47.1 Å². The fraction of sp³-hybridized carbons (Fsp3) is 0.143. The van der Waals surface area contributed by atoms with Gasteiger partial charge in [-0.15, -0.1) is 0 Å². The van der Waals surface area contributed by atoms with Crippen molar-refractivity contribution in [3.8, 4) is 0 Å². The second-order valence-corrected chi connectivity index (χ2v) is 3.71. The van der Waals surface area contributed by atoms with Gasteiger partial charge in [0.05, 0.1) is 17.8 Å². The first-order valence-corrected chi connectivity index (χ1v) is 5.04. The van der Waals surface area contributed by atoms with Gasteiger partial charge in [0.15, 0.2) is 4.67 Å². The highest BCUT2D eigenvalue weighted by Gasteiger charge is 2.03.